The number of hydrogen-bond donors (Lipinski definition) is 3. The summed E-state index contributed by atoms with van der Waals surface area (Å²) < 4.78 is 0. The van der Waals surface area contributed by atoms with Crippen molar-refractivity contribution in [1.82, 2.24) is 10.3 Å². The molecule has 0 aromatic carbocycles. The first-order valence-corrected chi connectivity index (χ1v) is 4.01. The van der Waals surface area contributed by atoms with Gasteiger partial charge in [0.1, 0.15) is 5.82 Å². The lowest BCUT2D eigenvalue weighted by atomic mass is 10.3. The number of aromatic amines is 1. The molecule has 4 N–H and O–H groups in total. The second-order valence-electron chi connectivity index (χ2n) is 3.05. The number of carbonyl (C=O) groups is 1. The summed E-state index contributed by atoms with van der Waals surface area (Å²) in [6.45, 7) is 0. The first kappa shape index (κ1) is 7.21. The fourth-order valence-corrected chi connectivity index (χ4v) is 1.07. The summed E-state index contributed by atoms with van der Waals surface area (Å²) in [7, 11) is 0. The van der Waals surface area contributed by atoms with Crippen molar-refractivity contribution in [2.75, 3.05) is 5.73 Å². The van der Waals surface area contributed by atoms with Crippen molar-refractivity contribution in [3.8, 4) is 0 Å². The van der Waals surface area contributed by atoms with Gasteiger partial charge < -0.3 is 16.0 Å². The van der Waals surface area contributed by atoms with Crippen molar-refractivity contribution in [3.05, 3.63) is 17.8 Å². The van der Waals surface area contributed by atoms with E-state index in [1.807, 2.05) is 0 Å². The highest BCUT2D eigenvalue weighted by Gasteiger charge is 2.24. The number of carbonyl (C=O) groups excluding carboxylic acids is 1. The Bertz CT molecular complexity index is 301. The summed E-state index contributed by atoms with van der Waals surface area (Å²) in [5.74, 6) is 0.365. The second kappa shape index (κ2) is 2.55. The lowest BCUT2D eigenvalue weighted by molar-refractivity contribution is 0.0952. The molecule has 0 saturated heterocycles. The number of nitrogen functional groups attached to an aromatic ring is 1. The van der Waals surface area contributed by atoms with Gasteiger partial charge in [-0.05, 0) is 18.9 Å². The quantitative estimate of drug-likeness (QED) is 0.596. The summed E-state index contributed by atoms with van der Waals surface area (Å²) in [4.78, 5) is 14.1. The van der Waals surface area contributed by atoms with Crippen molar-refractivity contribution >= 4 is 11.7 Å². The molecular formula is C8H11N3O. The Hall–Kier alpha value is -1.45. The molecule has 64 valence electrons. The average Bonchev–Trinajstić information content (AvgIpc) is 2.72. The zero-order valence-corrected chi connectivity index (χ0v) is 6.63. The Morgan fingerprint density at radius 2 is 2.42 bits per heavy atom. The highest BCUT2D eigenvalue weighted by atomic mass is 16.1. The Morgan fingerprint density at radius 1 is 1.67 bits per heavy atom. The third kappa shape index (κ3) is 1.28. The smallest absolute Gasteiger partial charge is 0.255 e. The topological polar surface area (TPSA) is 70.9 Å². The van der Waals surface area contributed by atoms with Crippen LogP contribution in [0, 0.1) is 0 Å². The van der Waals surface area contributed by atoms with Crippen LogP contribution < -0.4 is 11.1 Å². The number of aromatic nitrogens is 1. The minimum atomic E-state index is -0.0729. The maximum Gasteiger partial charge on any atom is 0.255 e. The fourth-order valence-electron chi connectivity index (χ4n) is 1.07. The van der Waals surface area contributed by atoms with Gasteiger partial charge >= 0.3 is 0 Å². The van der Waals surface area contributed by atoms with Crippen molar-refractivity contribution in [1.29, 1.82) is 0 Å². The standard InChI is InChI=1S/C8H11N3O/c9-7-6(3-4-10-7)8(12)11-5-1-2-5/h3-5,10H,1-2,9H2,(H,11,12). The summed E-state index contributed by atoms with van der Waals surface area (Å²) >= 11 is 0. The molecule has 0 aliphatic heterocycles. The van der Waals surface area contributed by atoms with Gasteiger partial charge in [0.25, 0.3) is 5.91 Å². The molecule has 1 fully saturated rings. The van der Waals surface area contributed by atoms with Crippen LogP contribution >= 0.6 is 0 Å². The second-order valence-corrected chi connectivity index (χ2v) is 3.05. The molecule has 1 amide bonds. The lowest BCUT2D eigenvalue weighted by Crippen LogP contribution is -2.25. The minimum absolute atomic E-state index is 0.0729. The van der Waals surface area contributed by atoms with E-state index in [4.69, 9.17) is 5.73 Å². The first-order valence-electron chi connectivity index (χ1n) is 4.01. The van der Waals surface area contributed by atoms with Crippen LogP contribution in [-0.2, 0) is 0 Å². The van der Waals surface area contributed by atoms with Gasteiger partial charge in [-0.15, -0.1) is 0 Å². The number of rotatable bonds is 2. The Balaban J connectivity index is 2.07. The molecule has 0 spiro atoms. The van der Waals surface area contributed by atoms with Gasteiger partial charge in [0.15, 0.2) is 0 Å². The Morgan fingerprint density at radius 3 is 2.92 bits per heavy atom. The number of nitrogens with two attached hydrogens (primary N) is 1. The molecule has 0 unspecified atom stereocenters. The molecule has 0 radical (unpaired) electrons. The molecule has 1 heterocycles. The maximum atomic E-state index is 11.4. The number of hydrogen-bond acceptors (Lipinski definition) is 2. The van der Waals surface area contributed by atoms with Gasteiger partial charge in [0, 0.05) is 12.2 Å². The third-order valence-electron chi connectivity index (χ3n) is 1.94. The summed E-state index contributed by atoms with van der Waals surface area (Å²) in [5.41, 5.74) is 6.06. The van der Waals surface area contributed by atoms with Crippen molar-refractivity contribution in [2.45, 2.75) is 18.9 Å². The Labute approximate surface area is 70.1 Å². The molecule has 0 bridgehead atoms. The molecule has 0 atom stereocenters. The first-order chi connectivity index (χ1) is 5.77. The number of anilines is 1. The largest absolute Gasteiger partial charge is 0.385 e. The fraction of sp³-hybridized carbons (Fsp3) is 0.375. The molecule has 1 aromatic heterocycles. The third-order valence-corrected chi connectivity index (χ3v) is 1.94. The molecular weight excluding hydrogens is 154 g/mol. The molecule has 4 nitrogen and oxygen atoms in total. The van der Waals surface area contributed by atoms with Gasteiger partial charge in [0.2, 0.25) is 0 Å². The van der Waals surface area contributed by atoms with Crippen LogP contribution in [0.1, 0.15) is 23.2 Å². The van der Waals surface area contributed by atoms with Crippen LogP contribution in [0.25, 0.3) is 0 Å². The molecule has 1 aliphatic rings. The summed E-state index contributed by atoms with van der Waals surface area (Å²) in [6.07, 6.45) is 3.85. The number of H-pyrrole nitrogens is 1. The van der Waals surface area contributed by atoms with Crippen LogP contribution in [0.4, 0.5) is 5.82 Å². The molecule has 1 aromatic rings. The lowest BCUT2D eigenvalue weighted by Gasteiger charge is -2.00. The normalized spacial score (nSPS) is 16.0. The number of amides is 1. The van der Waals surface area contributed by atoms with E-state index in [9.17, 15) is 4.79 Å². The van der Waals surface area contributed by atoms with Crippen LogP contribution in [0.2, 0.25) is 0 Å². The Kier molecular flexibility index (Phi) is 1.53. The predicted molar refractivity (Wildman–Crippen MR) is 45.7 cm³/mol. The van der Waals surface area contributed by atoms with Crippen LogP contribution in [-0.4, -0.2) is 16.9 Å². The monoisotopic (exact) mass is 165 g/mol. The predicted octanol–water partition coefficient (Wildman–Crippen LogP) is 0.489. The van der Waals surface area contributed by atoms with E-state index < -0.39 is 0 Å². The van der Waals surface area contributed by atoms with E-state index in [1.54, 1.807) is 12.3 Å². The van der Waals surface area contributed by atoms with Crippen LogP contribution in [0.3, 0.4) is 0 Å². The zero-order valence-electron chi connectivity index (χ0n) is 6.63. The van der Waals surface area contributed by atoms with Crippen molar-refractivity contribution < 1.29 is 4.79 Å². The molecule has 12 heavy (non-hydrogen) atoms. The van der Waals surface area contributed by atoms with E-state index in [1.165, 1.54) is 0 Å². The highest BCUT2D eigenvalue weighted by molar-refractivity contribution is 5.98. The van der Waals surface area contributed by atoms with Gasteiger partial charge in [-0.2, -0.15) is 0 Å². The highest BCUT2D eigenvalue weighted by Crippen LogP contribution is 2.20. The molecule has 2 rings (SSSR count). The average molecular weight is 165 g/mol. The van der Waals surface area contributed by atoms with Gasteiger partial charge in [-0.3, -0.25) is 4.79 Å². The van der Waals surface area contributed by atoms with Crippen LogP contribution in [0.15, 0.2) is 12.3 Å². The molecule has 1 aliphatic carbocycles. The van der Waals surface area contributed by atoms with E-state index >= 15 is 0 Å². The van der Waals surface area contributed by atoms with E-state index in [0.717, 1.165) is 12.8 Å². The maximum absolute atomic E-state index is 11.4. The van der Waals surface area contributed by atoms with Crippen molar-refractivity contribution in [2.24, 2.45) is 0 Å². The van der Waals surface area contributed by atoms with E-state index in [-0.39, 0.29) is 5.91 Å². The van der Waals surface area contributed by atoms with E-state index in [2.05, 4.69) is 10.3 Å². The van der Waals surface area contributed by atoms with E-state index in [0.29, 0.717) is 17.4 Å². The van der Waals surface area contributed by atoms with Crippen molar-refractivity contribution in [3.63, 3.8) is 0 Å². The van der Waals surface area contributed by atoms with Gasteiger partial charge in [-0.25, -0.2) is 0 Å². The summed E-state index contributed by atoms with van der Waals surface area (Å²) in [6, 6.07) is 2.07. The molecule has 4 heteroatoms. The SMILES string of the molecule is Nc1[nH]ccc1C(=O)NC1CC1. The van der Waals surface area contributed by atoms with Gasteiger partial charge in [0.05, 0.1) is 5.56 Å². The van der Waals surface area contributed by atoms with Crippen LogP contribution in [0.5, 0.6) is 0 Å². The molecule has 1 saturated carbocycles. The van der Waals surface area contributed by atoms with Gasteiger partial charge in [-0.1, -0.05) is 0 Å². The number of nitrogens with one attached hydrogen (secondary N) is 2. The summed E-state index contributed by atoms with van der Waals surface area (Å²) in [5, 5.41) is 2.86. The zero-order chi connectivity index (χ0) is 8.55. The minimum Gasteiger partial charge on any atom is -0.385 e.